The van der Waals surface area contributed by atoms with Gasteiger partial charge in [-0.2, -0.15) is 0 Å². The predicted octanol–water partition coefficient (Wildman–Crippen LogP) is 0.464. The molecular formula is C14H19NO6. The molecule has 0 bridgehead atoms. The smallest absolute Gasteiger partial charge is 0.329 e. The lowest BCUT2D eigenvalue weighted by molar-refractivity contribution is -0.142. The van der Waals surface area contributed by atoms with Gasteiger partial charge < -0.3 is 24.6 Å². The molecular weight excluding hydrogens is 278 g/mol. The Balaban J connectivity index is 2.39. The Morgan fingerprint density at radius 1 is 1.19 bits per heavy atom. The Hall–Kier alpha value is -2.28. The van der Waals surface area contributed by atoms with Crippen molar-refractivity contribution in [1.29, 1.82) is 0 Å². The summed E-state index contributed by atoms with van der Waals surface area (Å²) in [5, 5.41) is 11.0. The summed E-state index contributed by atoms with van der Waals surface area (Å²) < 4.78 is 15.1. The van der Waals surface area contributed by atoms with E-state index in [4.69, 9.17) is 19.3 Å². The number of ether oxygens (including phenoxy) is 3. The lowest BCUT2D eigenvalue weighted by Crippen LogP contribution is -2.29. The van der Waals surface area contributed by atoms with Crippen LogP contribution in [-0.4, -0.2) is 51.0 Å². The van der Waals surface area contributed by atoms with E-state index in [2.05, 4.69) is 5.32 Å². The van der Waals surface area contributed by atoms with E-state index in [-0.39, 0.29) is 32.1 Å². The van der Waals surface area contributed by atoms with E-state index in [1.807, 2.05) is 0 Å². The van der Waals surface area contributed by atoms with E-state index in [9.17, 15) is 9.59 Å². The fourth-order valence-electron chi connectivity index (χ4n) is 1.66. The zero-order valence-electron chi connectivity index (χ0n) is 12.0. The molecule has 116 valence electrons. The molecule has 0 spiro atoms. The number of carbonyl (C=O) groups is 2. The van der Waals surface area contributed by atoms with Crippen LogP contribution in [0, 0.1) is 0 Å². The quantitative estimate of drug-likeness (QED) is 0.643. The van der Waals surface area contributed by atoms with Crippen LogP contribution in [0.2, 0.25) is 0 Å². The number of rotatable bonds is 9. The highest BCUT2D eigenvalue weighted by molar-refractivity contribution is 5.78. The number of carbonyl (C=O) groups excluding carboxylic acids is 1. The molecule has 0 saturated heterocycles. The van der Waals surface area contributed by atoms with E-state index in [0.29, 0.717) is 11.5 Å². The van der Waals surface area contributed by atoms with Crippen molar-refractivity contribution in [2.75, 3.05) is 34.0 Å². The monoisotopic (exact) mass is 297 g/mol. The van der Waals surface area contributed by atoms with E-state index in [1.165, 1.54) is 7.11 Å². The SMILES string of the molecule is COc1ccc(CC(=O)NCCOCC(=O)O)cc1OC. The Bertz CT molecular complexity index is 488. The first-order valence-corrected chi connectivity index (χ1v) is 6.34. The first-order valence-electron chi connectivity index (χ1n) is 6.34. The van der Waals surface area contributed by atoms with Crippen LogP contribution in [0.5, 0.6) is 11.5 Å². The largest absolute Gasteiger partial charge is 0.493 e. The fraction of sp³-hybridized carbons (Fsp3) is 0.429. The topological polar surface area (TPSA) is 94.1 Å². The summed E-state index contributed by atoms with van der Waals surface area (Å²) in [7, 11) is 3.07. The lowest BCUT2D eigenvalue weighted by Gasteiger charge is -2.10. The fourth-order valence-corrected chi connectivity index (χ4v) is 1.66. The van der Waals surface area contributed by atoms with Crippen molar-refractivity contribution in [2.24, 2.45) is 0 Å². The van der Waals surface area contributed by atoms with Crippen LogP contribution in [0.3, 0.4) is 0 Å². The van der Waals surface area contributed by atoms with Gasteiger partial charge in [0.1, 0.15) is 6.61 Å². The zero-order valence-corrected chi connectivity index (χ0v) is 12.0. The van der Waals surface area contributed by atoms with Crippen molar-refractivity contribution in [2.45, 2.75) is 6.42 Å². The minimum absolute atomic E-state index is 0.157. The molecule has 0 radical (unpaired) electrons. The van der Waals surface area contributed by atoms with Crippen LogP contribution in [0.1, 0.15) is 5.56 Å². The molecule has 7 nitrogen and oxygen atoms in total. The molecule has 0 unspecified atom stereocenters. The highest BCUT2D eigenvalue weighted by Gasteiger charge is 2.08. The third-order valence-corrected chi connectivity index (χ3v) is 2.61. The second-order valence-corrected chi connectivity index (χ2v) is 4.16. The molecule has 1 amide bonds. The Labute approximate surface area is 122 Å². The summed E-state index contributed by atoms with van der Waals surface area (Å²) in [5.41, 5.74) is 0.789. The maximum absolute atomic E-state index is 11.7. The summed E-state index contributed by atoms with van der Waals surface area (Å²) in [6.07, 6.45) is 0.194. The number of amides is 1. The average molecular weight is 297 g/mol. The van der Waals surface area contributed by atoms with Crippen LogP contribution in [0.15, 0.2) is 18.2 Å². The minimum atomic E-state index is -1.04. The highest BCUT2D eigenvalue weighted by atomic mass is 16.5. The van der Waals surface area contributed by atoms with Gasteiger partial charge in [0.05, 0.1) is 27.2 Å². The molecule has 0 aromatic heterocycles. The second-order valence-electron chi connectivity index (χ2n) is 4.16. The first kappa shape index (κ1) is 16.8. The van der Waals surface area contributed by atoms with Crippen molar-refractivity contribution in [1.82, 2.24) is 5.32 Å². The number of hydrogen-bond donors (Lipinski definition) is 2. The van der Waals surface area contributed by atoms with Crippen LogP contribution >= 0.6 is 0 Å². The lowest BCUT2D eigenvalue weighted by atomic mass is 10.1. The Kier molecular flexibility index (Phi) is 7.03. The van der Waals surface area contributed by atoms with Crippen molar-refractivity contribution in [3.63, 3.8) is 0 Å². The number of carboxylic acid groups (broad SMARTS) is 1. The van der Waals surface area contributed by atoms with Gasteiger partial charge in [0.15, 0.2) is 11.5 Å². The van der Waals surface area contributed by atoms with Gasteiger partial charge in [0.2, 0.25) is 5.91 Å². The van der Waals surface area contributed by atoms with Gasteiger partial charge in [-0.15, -0.1) is 0 Å². The molecule has 0 heterocycles. The normalized spacial score (nSPS) is 10.0. The number of carboxylic acids is 1. The summed E-state index contributed by atoms with van der Waals surface area (Å²) in [6.45, 7) is 0.0505. The third-order valence-electron chi connectivity index (χ3n) is 2.61. The number of methoxy groups -OCH3 is 2. The van der Waals surface area contributed by atoms with Gasteiger partial charge in [-0.3, -0.25) is 4.79 Å². The highest BCUT2D eigenvalue weighted by Crippen LogP contribution is 2.27. The minimum Gasteiger partial charge on any atom is -0.493 e. The van der Waals surface area contributed by atoms with Gasteiger partial charge in [-0.05, 0) is 17.7 Å². The molecule has 0 aliphatic rings. The summed E-state index contributed by atoms with van der Waals surface area (Å²) in [6, 6.07) is 5.25. The predicted molar refractivity (Wildman–Crippen MR) is 74.7 cm³/mol. The summed E-state index contributed by atoms with van der Waals surface area (Å²) >= 11 is 0. The zero-order chi connectivity index (χ0) is 15.7. The Morgan fingerprint density at radius 3 is 2.52 bits per heavy atom. The molecule has 21 heavy (non-hydrogen) atoms. The van der Waals surface area contributed by atoms with Crippen LogP contribution in [0.4, 0.5) is 0 Å². The first-order chi connectivity index (χ1) is 10.1. The molecule has 0 atom stereocenters. The van der Waals surface area contributed by atoms with Crippen LogP contribution in [0.25, 0.3) is 0 Å². The van der Waals surface area contributed by atoms with Crippen LogP contribution < -0.4 is 14.8 Å². The van der Waals surface area contributed by atoms with Crippen molar-refractivity contribution in [3.05, 3.63) is 23.8 Å². The molecule has 2 N–H and O–H groups in total. The molecule has 0 aliphatic carbocycles. The molecule has 7 heteroatoms. The summed E-state index contributed by atoms with van der Waals surface area (Å²) in [4.78, 5) is 21.9. The molecule has 0 aliphatic heterocycles. The number of aliphatic carboxylic acids is 1. The molecule has 0 fully saturated rings. The average Bonchev–Trinajstić information content (AvgIpc) is 2.46. The maximum Gasteiger partial charge on any atom is 0.329 e. The Morgan fingerprint density at radius 2 is 1.90 bits per heavy atom. The molecule has 1 aromatic rings. The van der Waals surface area contributed by atoms with E-state index in [1.54, 1.807) is 25.3 Å². The standard InChI is InChI=1S/C14H19NO6/c1-19-11-4-3-10(7-12(11)20-2)8-13(16)15-5-6-21-9-14(17)18/h3-4,7H,5-6,8-9H2,1-2H3,(H,15,16)(H,17,18). The van der Waals surface area contributed by atoms with Crippen molar-refractivity contribution < 1.29 is 28.9 Å². The van der Waals surface area contributed by atoms with Gasteiger partial charge in [0.25, 0.3) is 0 Å². The molecule has 0 saturated carbocycles. The van der Waals surface area contributed by atoms with Crippen molar-refractivity contribution in [3.8, 4) is 11.5 Å². The van der Waals surface area contributed by atoms with Crippen LogP contribution in [-0.2, 0) is 20.7 Å². The number of nitrogens with one attached hydrogen (secondary N) is 1. The molecule has 1 rings (SSSR count). The van der Waals surface area contributed by atoms with Gasteiger partial charge in [-0.25, -0.2) is 4.79 Å². The van der Waals surface area contributed by atoms with Gasteiger partial charge in [-0.1, -0.05) is 6.07 Å². The third kappa shape index (κ3) is 6.13. The number of hydrogen-bond acceptors (Lipinski definition) is 5. The number of benzene rings is 1. The van der Waals surface area contributed by atoms with E-state index < -0.39 is 5.97 Å². The molecule has 1 aromatic carbocycles. The maximum atomic E-state index is 11.7. The van der Waals surface area contributed by atoms with Crippen molar-refractivity contribution >= 4 is 11.9 Å². The summed E-state index contributed by atoms with van der Waals surface area (Å²) in [5.74, 6) is -0.0517. The van der Waals surface area contributed by atoms with Gasteiger partial charge >= 0.3 is 5.97 Å². The second kappa shape index (κ2) is 8.80. The van der Waals surface area contributed by atoms with E-state index in [0.717, 1.165) is 5.56 Å². The van der Waals surface area contributed by atoms with Gasteiger partial charge in [0, 0.05) is 6.54 Å². The van der Waals surface area contributed by atoms with E-state index >= 15 is 0 Å².